The van der Waals surface area contributed by atoms with Crippen molar-refractivity contribution in [2.75, 3.05) is 29.7 Å². The number of para-hydroxylation sites is 3. The molecule has 3 aromatic carbocycles. The third-order valence-electron chi connectivity index (χ3n) is 19.2. The Balaban J connectivity index is 0.000000113. The zero-order valence-electron chi connectivity index (χ0n) is 55.8. The highest BCUT2D eigenvalue weighted by molar-refractivity contribution is 6.71. The zero-order valence-corrected chi connectivity index (χ0v) is 55.8. The van der Waals surface area contributed by atoms with E-state index in [1.165, 1.54) is 0 Å². The molecule has 15 heterocycles. The summed E-state index contributed by atoms with van der Waals surface area (Å²) < 4.78 is 18.9. The molecule has 0 saturated carbocycles. The van der Waals surface area contributed by atoms with Gasteiger partial charge in [0.2, 0.25) is 17.1 Å². The average Bonchev–Trinajstić information content (AvgIpc) is 1.57. The maximum absolute atomic E-state index is 6.30. The lowest BCUT2D eigenvalue weighted by molar-refractivity contribution is 0.436. The van der Waals surface area contributed by atoms with Gasteiger partial charge < -0.3 is 42.7 Å². The molecule has 0 radical (unpaired) electrons. The van der Waals surface area contributed by atoms with Gasteiger partial charge in [0.15, 0.2) is 23.3 Å². The Morgan fingerprint density at radius 2 is 0.677 bits per heavy atom. The normalized spacial score (nSPS) is 17.6. The lowest BCUT2D eigenvalue weighted by atomic mass is 9.58. The van der Waals surface area contributed by atoms with E-state index >= 15 is 0 Å². The summed E-state index contributed by atoms with van der Waals surface area (Å²) in [5.74, 6) is 3.58. The SMILES string of the molecule is CB1c2oc3nc(C)ccc3c2C=C(C)N1N1c2cccnc2N(c2ccccc2)[C@@H]1C.CB1c2oc3nc(C)ccc3c2C=C(C)N1N1c2ncccc2N(c2ccccc2)[C@@H]1C.CB1c2oc3nc(C)ccc3c2C=C(C)N1N1c2nccnc2N(c2ccccc2)[C@@H]1C. The van der Waals surface area contributed by atoms with Gasteiger partial charge in [0.05, 0.1) is 5.69 Å². The fourth-order valence-corrected chi connectivity index (χ4v) is 15.1. The third kappa shape index (κ3) is 9.53. The van der Waals surface area contributed by atoms with Crippen LogP contribution in [0.3, 0.4) is 0 Å². The fraction of sp³-hybridized carbons (Fsp3) is 0.203. The van der Waals surface area contributed by atoms with Crippen LogP contribution in [0.25, 0.3) is 51.5 Å². The van der Waals surface area contributed by atoms with Crippen LogP contribution in [0.15, 0.2) is 207 Å². The summed E-state index contributed by atoms with van der Waals surface area (Å²) in [6.45, 7) is 25.5. The molecule has 0 aliphatic carbocycles. The largest absolute Gasteiger partial charge is 0.450 e. The smallest absolute Gasteiger partial charge is 0.353 e. The van der Waals surface area contributed by atoms with Crippen LogP contribution in [0.4, 0.5) is 51.7 Å². The molecular weight excluding hydrogens is 1190 g/mol. The molecule has 3 atom stereocenters. The third-order valence-corrected chi connectivity index (χ3v) is 19.2. The van der Waals surface area contributed by atoms with E-state index in [9.17, 15) is 0 Å². The van der Waals surface area contributed by atoms with Crippen LogP contribution in [0.2, 0.25) is 20.5 Å². The standard InChI is InChI=1S/2C25H24BN5O.C24H23BN6O/c1-16-12-13-20-21-15-17(2)31(26(4)23(21)32-25(20)28-16)30-18(3)29(19-9-6-5-7-10-19)24-22(30)11-8-14-27-24;1-16-12-13-20-21-15-17(2)31(26(4)23(21)32-25(20)28-16)30-18(3)29(19-9-6-5-7-10-19)22-11-8-14-27-24(22)30;1-15-10-11-19-20-14-16(2)31(25(4)21(20)32-24(19)28-15)30-17(3)29(18-8-6-5-7-9-18)22-23(30)27-13-12-26-22/h2*5-15,18H,1-4H3;5-14,17H,1-4H3/t2*18-;17-/m000/s1. The highest BCUT2D eigenvalue weighted by atomic mass is 16.4. The summed E-state index contributed by atoms with van der Waals surface area (Å²) in [5, 5.41) is 10.0. The van der Waals surface area contributed by atoms with Crippen molar-refractivity contribution in [3.05, 3.63) is 227 Å². The number of hydrazine groups is 3. The maximum atomic E-state index is 6.30. The second-order valence-electron chi connectivity index (χ2n) is 25.4. The predicted octanol–water partition coefficient (Wildman–Crippen LogP) is 14.3. The topological polar surface area (TPSA) is 159 Å². The van der Waals surface area contributed by atoms with Crippen LogP contribution >= 0.6 is 0 Å². The van der Waals surface area contributed by atoms with E-state index in [0.29, 0.717) is 17.1 Å². The summed E-state index contributed by atoms with van der Waals surface area (Å²) in [5.41, 5.74) is 20.1. The van der Waals surface area contributed by atoms with Crippen molar-refractivity contribution >= 4 is 141 Å². The molecule has 0 spiro atoms. The quantitative estimate of drug-likeness (QED) is 0.145. The average molecular weight is 1260 g/mol. The van der Waals surface area contributed by atoms with Gasteiger partial charge in [0.25, 0.3) is 0 Å². The Kier molecular flexibility index (Phi) is 14.5. The number of aromatic nitrogens is 7. The molecule has 0 saturated heterocycles. The van der Waals surface area contributed by atoms with E-state index in [1.54, 1.807) is 12.4 Å². The number of nitrogens with zero attached hydrogens (tertiary/aromatic N) is 16. The molecule has 9 aromatic heterocycles. The highest BCUT2D eigenvalue weighted by Crippen LogP contribution is 2.48. The maximum Gasteiger partial charge on any atom is 0.353 e. The van der Waals surface area contributed by atoms with Crippen molar-refractivity contribution in [2.45, 2.75) is 101 Å². The zero-order chi connectivity index (χ0) is 65.9. The molecule has 0 amide bonds. The second-order valence-corrected chi connectivity index (χ2v) is 25.4. The first-order valence-electron chi connectivity index (χ1n) is 32.9. The van der Waals surface area contributed by atoms with Gasteiger partial charge in [0.1, 0.15) is 41.2 Å². The van der Waals surface area contributed by atoms with Crippen molar-refractivity contribution < 1.29 is 13.3 Å². The van der Waals surface area contributed by atoms with Gasteiger partial charge >= 0.3 is 20.5 Å². The van der Waals surface area contributed by atoms with E-state index in [2.05, 4.69) is 231 Å². The van der Waals surface area contributed by atoms with Gasteiger partial charge in [-0.3, -0.25) is 15.0 Å². The Morgan fingerprint density at radius 3 is 1.12 bits per heavy atom. The van der Waals surface area contributed by atoms with Crippen molar-refractivity contribution in [1.82, 2.24) is 49.6 Å². The first-order chi connectivity index (χ1) is 46.6. The van der Waals surface area contributed by atoms with E-state index in [4.69, 9.17) is 33.2 Å². The van der Waals surface area contributed by atoms with Gasteiger partial charge in [-0.25, -0.2) is 34.9 Å². The number of benzene rings is 3. The molecule has 0 unspecified atom stereocenters. The van der Waals surface area contributed by atoms with Crippen LogP contribution in [0.5, 0.6) is 0 Å². The van der Waals surface area contributed by atoms with E-state index in [0.717, 1.165) is 136 Å². The van der Waals surface area contributed by atoms with E-state index in [1.807, 2.05) is 93.8 Å². The number of rotatable bonds is 6. The van der Waals surface area contributed by atoms with Gasteiger partial charge in [-0.15, -0.1) is 0 Å². The number of hydrogen-bond donors (Lipinski definition) is 0. The van der Waals surface area contributed by atoms with Crippen LogP contribution in [0, 0.1) is 20.8 Å². The van der Waals surface area contributed by atoms with Crippen molar-refractivity contribution in [1.29, 1.82) is 0 Å². The first-order valence-corrected chi connectivity index (χ1v) is 32.9. The van der Waals surface area contributed by atoms with Crippen LogP contribution in [-0.4, -0.2) is 88.7 Å². The number of hydrogen-bond acceptors (Lipinski definition) is 19. The number of anilines is 9. The summed E-state index contributed by atoms with van der Waals surface area (Å²) in [6, 6.07) is 52.0. The fourth-order valence-electron chi connectivity index (χ4n) is 15.1. The Hall–Kier alpha value is -11.3. The molecule has 6 aliphatic rings. The lowest BCUT2D eigenvalue weighted by Crippen LogP contribution is -2.59. The Morgan fingerprint density at radius 1 is 0.333 bits per heavy atom. The number of allylic oxidation sites excluding steroid dienone is 3. The molecule has 0 N–H and O–H groups in total. The Labute approximate surface area is 559 Å². The molecule has 18 rings (SSSR count). The van der Waals surface area contributed by atoms with Gasteiger partial charge in [-0.2, -0.15) is 0 Å². The molecule has 22 heteroatoms. The minimum Gasteiger partial charge on any atom is -0.450 e. The molecule has 12 aromatic rings. The predicted molar refractivity (Wildman–Crippen MR) is 389 cm³/mol. The van der Waals surface area contributed by atoms with E-state index in [-0.39, 0.29) is 39.0 Å². The summed E-state index contributed by atoms with van der Waals surface area (Å²) in [6.07, 6.45) is 13.9. The lowest BCUT2D eigenvalue weighted by Gasteiger charge is -2.43. The van der Waals surface area contributed by atoms with Crippen molar-refractivity contribution in [3.63, 3.8) is 0 Å². The first kappa shape index (κ1) is 59.7. The van der Waals surface area contributed by atoms with Gasteiger partial charge in [0, 0.05) is 109 Å². The molecule has 96 heavy (non-hydrogen) atoms. The number of aryl methyl sites for hydroxylation is 3. The number of fused-ring (bicyclic) bond motifs is 12. The molecule has 0 bridgehead atoms. The Bertz CT molecular complexity index is 4600. The van der Waals surface area contributed by atoms with Gasteiger partial charge in [-0.05, 0) is 178 Å². The van der Waals surface area contributed by atoms with Crippen molar-refractivity contribution in [2.24, 2.45) is 0 Å². The highest BCUT2D eigenvalue weighted by Gasteiger charge is 2.48. The monoisotopic (exact) mass is 1260 g/mol. The van der Waals surface area contributed by atoms with Crippen molar-refractivity contribution in [3.8, 4) is 0 Å². The number of pyridine rings is 5. The van der Waals surface area contributed by atoms with Crippen LogP contribution in [0.1, 0.15) is 75.3 Å². The molecular formula is C74H71B3N16O3. The van der Waals surface area contributed by atoms with Gasteiger partial charge in [-0.1, -0.05) is 75.1 Å². The molecule has 474 valence electrons. The molecule has 0 fully saturated rings. The molecule has 6 aliphatic heterocycles. The summed E-state index contributed by atoms with van der Waals surface area (Å²) >= 11 is 0. The number of furan rings is 3. The second kappa shape index (κ2) is 23.3. The van der Waals surface area contributed by atoms with Crippen LogP contribution < -0.4 is 46.7 Å². The minimum atomic E-state index is -0.0301. The van der Waals surface area contributed by atoms with E-state index < -0.39 is 0 Å². The summed E-state index contributed by atoms with van der Waals surface area (Å²) in [4.78, 5) is 46.6. The summed E-state index contributed by atoms with van der Waals surface area (Å²) in [7, 11) is 0. The minimum absolute atomic E-state index is 0.00228. The molecule has 19 nitrogen and oxygen atoms in total. The van der Waals surface area contributed by atoms with Crippen LogP contribution in [-0.2, 0) is 0 Å².